The Hall–Kier alpha value is -1.10. The highest BCUT2D eigenvalue weighted by Gasteiger charge is 2.23. The molecule has 4 nitrogen and oxygen atoms in total. The molecule has 1 N–H and O–H groups in total. The lowest BCUT2D eigenvalue weighted by Crippen LogP contribution is -2.40. The van der Waals surface area contributed by atoms with Crippen LogP contribution in [-0.2, 0) is 13.6 Å². The average molecular weight is 308 g/mol. The first-order valence-electron chi connectivity index (χ1n) is 7.65. The van der Waals surface area contributed by atoms with Crippen LogP contribution in [0.2, 0.25) is 5.02 Å². The van der Waals surface area contributed by atoms with Crippen molar-refractivity contribution >= 4 is 22.6 Å². The molecule has 21 heavy (non-hydrogen) atoms. The molecule has 1 aliphatic heterocycles. The van der Waals surface area contributed by atoms with Crippen molar-refractivity contribution in [2.75, 3.05) is 13.2 Å². The van der Waals surface area contributed by atoms with Crippen LogP contribution >= 0.6 is 11.6 Å². The van der Waals surface area contributed by atoms with E-state index in [0.717, 1.165) is 41.4 Å². The van der Waals surface area contributed by atoms with Crippen LogP contribution in [0.3, 0.4) is 0 Å². The summed E-state index contributed by atoms with van der Waals surface area (Å²) in [6.45, 7) is 2.20. The van der Waals surface area contributed by atoms with Crippen molar-refractivity contribution in [2.24, 2.45) is 7.05 Å². The quantitative estimate of drug-likeness (QED) is 0.944. The van der Waals surface area contributed by atoms with Crippen molar-refractivity contribution in [3.8, 4) is 0 Å². The number of hydrogen-bond acceptors (Lipinski definition) is 3. The van der Waals surface area contributed by atoms with E-state index >= 15 is 0 Å². The van der Waals surface area contributed by atoms with Crippen LogP contribution in [-0.4, -0.2) is 38.8 Å². The molecular formula is C16H22ClN3O. The second-order valence-corrected chi connectivity index (χ2v) is 6.29. The number of imidazole rings is 1. The van der Waals surface area contributed by atoms with Gasteiger partial charge in [0.25, 0.3) is 0 Å². The van der Waals surface area contributed by atoms with Crippen molar-refractivity contribution < 1.29 is 5.11 Å². The average Bonchev–Trinajstić information content (AvgIpc) is 2.77. The molecule has 0 amide bonds. The van der Waals surface area contributed by atoms with Crippen LogP contribution < -0.4 is 0 Å². The first kappa shape index (κ1) is 14.8. The summed E-state index contributed by atoms with van der Waals surface area (Å²) in [7, 11) is 2.06. The molecule has 0 saturated carbocycles. The molecule has 0 aliphatic carbocycles. The largest absolute Gasteiger partial charge is 0.396 e. The molecule has 5 heteroatoms. The number of aliphatic hydroxyl groups is 1. The van der Waals surface area contributed by atoms with Crippen LogP contribution in [0.15, 0.2) is 18.2 Å². The zero-order valence-electron chi connectivity index (χ0n) is 12.4. The van der Waals surface area contributed by atoms with Gasteiger partial charge >= 0.3 is 0 Å². The maximum Gasteiger partial charge on any atom is 0.123 e. The summed E-state index contributed by atoms with van der Waals surface area (Å²) in [4.78, 5) is 7.20. The SMILES string of the molecule is Cn1c(CN2CCCCC2CCO)nc2cc(Cl)ccc21. The Morgan fingerprint density at radius 1 is 1.38 bits per heavy atom. The normalized spacial score (nSPS) is 20.2. The van der Waals surface area contributed by atoms with Gasteiger partial charge in [0.2, 0.25) is 0 Å². The molecule has 1 aromatic carbocycles. The number of rotatable bonds is 4. The first-order valence-corrected chi connectivity index (χ1v) is 8.02. The molecule has 1 saturated heterocycles. The Morgan fingerprint density at radius 2 is 2.24 bits per heavy atom. The van der Waals surface area contributed by atoms with E-state index in [-0.39, 0.29) is 6.61 Å². The third-order valence-electron chi connectivity index (χ3n) is 4.49. The third kappa shape index (κ3) is 3.07. The zero-order valence-corrected chi connectivity index (χ0v) is 13.2. The van der Waals surface area contributed by atoms with Gasteiger partial charge < -0.3 is 9.67 Å². The van der Waals surface area contributed by atoms with E-state index in [1.54, 1.807) is 0 Å². The highest BCUT2D eigenvalue weighted by molar-refractivity contribution is 6.31. The van der Waals surface area contributed by atoms with E-state index in [4.69, 9.17) is 16.6 Å². The van der Waals surface area contributed by atoms with E-state index < -0.39 is 0 Å². The summed E-state index contributed by atoms with van der Waals surface area (Å²) in [5.41, 5.74) is 2.07. The van der Waals surface area contributed by atoms with E-state index in [1.165, 1.54) is 19.3 Å². The molecule has 2 aromatic rings. The summed E-state index contributed by atoms with van der Waals surface area (Å²) in [5.74, 6) is 1.07. The molecular weight excluding hydrogens is 286 g/mol. The van der Waals surface area contributed by atoms with Gasteiger partial charge in [-0.25, -0.2) is 4.98 Å². The molecule has 1 aliphatic rings. The van der Waals surface area contributed by atoms with Gasteiger partial charge in [-0.15, -0.1) is 0 Å². The first-order chi connectivity index (χ1) is 10.2. The molecule has 0 spiro atoms. The van der Waals surface area contributed by atoms with Crippen LogP contribution in [0.25, 0.3) is 11.0 Å². The molecule has 1 fully saturated rings. The van der Waals surface area contributed by atoms with E-state index in [2.05, 4.69) is 16.5 Å². The molecule has 1 aromatic heterocycles. The Balaban J connectivity index is 1.84. The van der Waals surface area contributed by atoms with E-state index in [1.807, 2.05) is 18.2 Å². The number of aliphatic hydroxyl groups excluding tert-OH is 1. The van der Waals surface area contributed by atoms with Gasteiger partial charge in [-0.3, -0.25) is 4.90 Å². The van der Waals surface area contributed by atoms with Gasteiger partial charge in [-0.05, 0) is 44.0 Å². The maximum atomic E-state index is 9.24. The predicted octanol–water partition coefficient (Wildman–Crippen LogP) is 2.96. The Morgan fingerprint density at radius 3 is 3.05 bits per heavy atom. The van der Waals surface area contributed by atoms with Crippen molar-refractivity contribution in [3.63, 3.8) is 0 Å². The minimum atomic E-state index is 0.263. The number of piperidine rings is 1. The van der Waals surface area contributed by atoms with Gasteiger partial charge in [0, 0.05) is 24.7 Å². The molecule has 0 bridgehead atoms. The van der Waals surface area contributed by atoms with Crippen molar-refractivity contribution in [1.29, 1.82) is 0 Å². The Kier molecular flexibility index (Phi) is 4.48. The van der Waals surface area contributed by atoms with Gasteiger partial charge in [-0.1, -0.05) is 18.0 Å². The summed E-state index contributed by atoms with van der Waals surface area (Å²) in [6.07, 6.45) is 4.53. The number of likely N-dealkylation sites (tertiary alicyclic amines) is 1. The highest BCUT2D eigenvalue weighted by Crippen LogP contribution is 2.24. The molecule has 3 rings (SSSR count). The van der Waals surface area contributed by atoms with Crippen molar-refractivity contribution in [1.82, 2.24) is 14.5 Å². The zero-order chi connectivity index (χ0) is 14.8. The Bertz CT molecular complexity index is 623. The topological polar surface area (TPSA) is 41.3 Å². The van der Waals surface area contributed by atoms with Crippen LogP contribution in [0, 0.1) is 0 Å². The molecule has 0 radical (unpaired) electrons. The lowest BCUT2D eigenvalue weighted by Gasteiger charge is -2.35. The van der Waals surface area contributed by atoms with Crippen LogP contribution in [0.5, 0.6) is 0 Å². The standard InChI is InChI=1S/C16H22ClN3O/c1-19-15-6-5-12(17)10-14(15)18-16(19)11-20-8-3-2-4-13(20)7-9-21/h5-6,10,13,21H,2-4,7-9,11H2,1H3. The monoisotopic (exact) mass is 307 g/mol. The summed E-state index contributed by atoms with van der Waals surface area (Å²) in [6, 6.07) is 6.33. The van der Waals surface area contributed by atoms with E-state index in [9.17, 15) is 5.11 Å². The molecule has 2 heterocycles. The van der Waals surface area contributed by atoms with Gasteiger partial charge in [0.15, 0.2) is 0 Å². The fourth-order valence-corrected chi connectivity index (χ4v) is 3.46. The second kappa shape index (κ2) is 6.34. The molecule has 1 atom stereocenters. The van der Waals surface area contributed by atoms with Crippen molar-refractivity contribution in [3.05, 3.63) is 29.0 Å². The highest BCUT2D eigenvalue weighted by atomic mass is 35.5. The predicted molar refractivity (Wildman–Crippen MR) is 85.5 cm³/mol. The molecule has 1 unspecified atom stereocenters. The number of halogens is 1. The van der Waals surface area contributed by atoms with Crippen molar-refractivity contribution in [2.45, 2.75) is 38.3 Å². The van der Waals surface area contributed by atoms with E-state index in [0.29, 0.717) is 6.04 Å². The van der Waals surface area contributed by atoms with Gasteiger partial charge in [-0.2, -0.15) is 0 Å². The second-order valence-electron chi connectivity index (χ2n) is 5.85. The van der Waals surface area contributed by atoms with Gasteiger partial charge in [0.1, 0.15) is 5.82 Å². The van der Waals surface area contributed by atoms with Gasteiger partial charge in [0.05, 0.1) is 17.6 Å². The summed E-state index contributed by atoms with van der Waals surface area (Å²) < 4.78 is 2.15. The minimum Gasteiger partial charge on any atom is -0.396 e. The smallest absolute Gasteiger partial charge is 0.123 e. The molecule has 114 valence electrons. The number of aromatic nitrogens is 2. The van der Waals surface area contributed by atoms with Crippen LogP contribution in [0.1, 0.15) is 31.5 Å². The fourth-order valence-electron chi connectivity index (χ4n) is 3.29. The fraction of sp³-hybridized carbons (Fsp3) is 0.562. The minimum absolute atomic E-state index is 0.263. The summed E-state index contributed by atoms with van der Waals surface area (Å²) in [5, 5.41) is 9.96. The Labute approximate surface area is 130 Å². The number of hydrogen-bond donors (Lipinski definition) is 1. The number of nitrogens with zero attached hydrogens (tertiary/aromatic N) is 3. The lowest BCUT2D eigenvalue weighted by molar-refractivity contribution is 0.109. The third-order valence-corrected chi connectivity index (χ3v) is 4.73. The number of aryl methyl sites for hydroxylation is 1. The summed E-state index contributed by atoms with van der Waals surface area (Å²) >= 11 is 6.05. The van der Waals surface area contributed by atoms with Crippen LogP contribution in [0.4, 0.5) is 0 Å². The lowest BCUT2D eigenvalue weighted by atomic mass is 10.00. The maximum absolute atomic E-state index is 9.24. The number of fused-ring (bicyclic) bond motifs is 1. The number of benzene rings is 1.